The first-order valence-corrected chi connectivity index (χ1v) is 8.92. The van der Waals surface area contributed by atoms with Gasteiger partial charge < -0.3 is 15.4 Å². The number of imide groups is 1. The minimum absolute atomic E-state index is 0.277. The average molecular weight is 392 g/mol. The molecule has 29 heavy (non-hydrogen) atoms. The summed E-state index contributed by atoms with van der Waals surface area (Å²) in [4.78, 5) is 38.6. The Morgan fingerprint density at radius 3 is 2.62 bits per heavy atom. The van der Waals surface area contributed by atoms with Crippen molar-refractivity contribution in [3.8, 4) is 11.8 Å². The van der Waals surface area contributed by atoms with Crippen LogP contribution in [0.4, 0.5) is 10.5 Å². The Bertz CT molecular complexity index is 996. The number of amides is 4. The van der Waals surface area contributed by atoms with Crippen LogP contribution in [0.2, 0.25) is 0 Å². The van der Waals surface area contributed by atoms with Crippen molar-refractivity contribution in [3.05, 3.63) is 59.7 Å². The van der Waals surface area contributed by atoms with Gasteiger partial charge in [-0.25, -0.2) is 4.79 Å². The van der Waals surface area contributed by atoms with Gasteiger partial charge in [0.2, 0.25) is 5.91 Å². The first kappa shape index (κ1) is 19.9. The standard InChI is InChI=1S/C21H20N4O4/c1-21(15-4-3-5-17(12-15)29-2)19(27)25(20(28)24-21)13-18(26)23-16-8-6-14(7-9-16)10-11-22/h3-9,12H,10,13H2,1-2H3,(H,23,26)(H,24,28)/t21-/m1/s1. The number of urea groups is 1. The van der Waals surface area contributed by atoms with E-state index in [1.807, 2.05) is 6.07 Å². The van der Waals surface area contributed by atoms with Gasteiger partial charge in [-0.2, -0.15) is 5.26 Å². The van der Waals surface area contributed by atoms with Crippen molar-refractivity contribution < 1.29 is 19.1 Å². The molecule has 0 bridgehead atoms. The lowest BCUT2D eigenvalue weighted by Crippen LogP contribution is -2.42. The number of nitrogens with one attached hydrogen (secondary N) is 2. The normalized spacial score (nSPS) is 18.2. The fourth-order valence-electron chi connectivity index (χ4n) is 3.11. The molecule has 0 unspecified atom stereocenters. The molecule has 0 aliphatic carbocycles. The molecular formula is C21H20N4O4. The summed E-state index contributed by atoms with van der Waals surface area (Å²) in [6.45, 7) is 1.18. The van der Waals surface area contributed by atoms with Crippen LogP contribution in [-0.2, 0) is 21.5 Å². The van der Waals surface area contributed by atoms with Crippen LogP contribution in [0.5, 0.6) is 5.75 Å². The Labute approximate surface area is 168 Å². The molecule has 1 aliphatic rings. The molecule has 1 saturated heterocycles. The van der Waals surface area contributed by atoms with Gasteiger partial charge in [0.1, 0.15) is 17.8 Å². The summed E-state index contributed by atoms with van der Waals surface area (Å²) in [7, 11) is 1.51. The second-order valence-corrected chi connectivity index (χ2v) is 6.76. The number of hydrogen-bond donors (Lipinski definition) is 2. The van der Waals surface area contributed by atoms with Crippen LogP contribution in [-0.4, -0.2) is 36.4 Å². The second-order valence-electron chi connectivity index (χ2n) is 6.76. The van der Waals surface area contributed by atoms with Crippen molar-refractivity contribution in [2.45, 2.75) is 18.9 Å². The molecule has 0 aromatic heterocycles. The molecule has 3 rings (SSSR count). The van der Waals surface area contributed by atoms with Crippen molar-refractivity contribution in [1.82, 2.24) is 10.2 Å². The summed E-state index contributed by atoms with van der Waals surface area (Å²) < 4.78 is 5.18. The summed E-state index contributed by atoms with van der Waals surface area (Å²) in [5.41, 5.74) is 0.615. The lowest BCUT2D eigenvalue weighted by Gasteiger charge is -2.22. The quantitative estimate of drug-likeness (QED) is 0.732. The van der Waals surface area contributed by atoms with E-state index in [1.165, 1.54) is 7.11 Å². The van der Waals surface area contributed by atoms with Crippen molar-refractivity contribution in [1.29, 1.82) is 5.26 Å². The molecule has 1 fully saturated rings. The maximum Gasteiger partial charge on any atom is 0.325 e. The van der Waals surface area contributed by atoms with Gasteiger partial charge in [-0.1, -0.05) is 24.3 Å². The predicted octanol–water partition coefficient (Wildman–Crippen LogP) is 2.17. The van der Waals surface area contributed by atoms with Crippen LogP contribution in [0.25, 0.3) is 0 Å². The van der Waals surface area contributed by atoms with Gasteiger partial charge in [-0.15, -0.1) is 0 Å². The van der Waals surface area contributed by atoms with Gasteiger partial charge in [0.15, 0.2) is 0 Å². The molecule has 4 amide bonds. The molecule has 148 valence electrons. The molecule has 2 aromatic carbocycles. The number of carbonyl (C=O) groups excluding carboxylic acids is 3. The Kier molecular flexibility index (Phi) is 5.50. The lowest BCUT2D eigenvalue weighted by atomic mass is 9.92. The van der Waals surface area contributed by atoms with E-state index in [0.29, 0.717) is 17.0 Å². The van der Waals surface area contributed by atoms with Crippen LogP contribution >= 0.6 is 0 Å². The molecule has 1 aliphatic heterocycles. The summed E-state index contributed by atoms with van der Waals surface area (Å²) in [6, 6.07) is 15.0. The van der Waals surface area contributed by atoms with E-state index in [0.717, 1.165) is 10.5 Å². The summed E-state index contributed by atoms with van der Waals surface area (Å²) in [5, 5.41) is 14.0. The van der Waals surface area contributed by atoms with Crippen molar-refractivity contribution in [2.75, 3.05) is 19.0 Å². The summed E-state index contributed by atoms with van der Waals surface area (Å²) in [5.74, 6) is -0.464. The van der Waals surface area contributed by atoms with Crippen LogP contribution in [0.15, 0.2) is 48.5 Å². The molecule has 2 N–H and O–H groups in total. The van der Waals surface area contributed by atoms with E-state index in [2.05, 4.69) is 10.6 Å². The van der Waals surface area contributed by atoms with E-state index >= 15 is 0 Å². The zero-order valence-electron chi connectivity index (χ0n) is 16.1. The van der Waals surface area contributed by atoms with Crippen LogP contribution in [0.3, 0.4) is 0 Å². The number of nitrogens with zero attached hydrogens (tertiary/aromatic N) is 2. The van der Waals surface area contributed by atoms with E-state index in [-0.39, 0.29) is 6.42 Å². The number of carbonyl (C=O) groups is 3. The molecule has 2 aromatic rings. The molecule has 0 saturated carbocycles. The number of benzene rings is 2. The molecule has 8 heteroatoms. The average Bonchev–Trinajstić information content (AvgIpc) is 2.94. The Hall–Kier alpha value is -3.86. The predicted molar refractivity (Wildman–Crippen MR) is 105 cm³/mol. The molecule has 8 nitrogen and oxygen atoms in total. The fourth-order valence-corrected chi connectivity index (χ4v) is 3.11. The maximum absolute atomic E-state index is 12.9. The monoisotopic (exact) mass is 392 g/mol. The molecular weight excluding hydrogens is 372 g/mol. The number of methoxy groups -OCH3 is 1. The zero-order chi connectivity index (χ0) is 21.0. The Morgan fingerprint density at radius 1 is 1.24 bits per heavy atom. The summed E-state index contributed by atoms with van der Waals surface area (Å²) in [6.07, 6.45) is 0.277. The molecule has 0 radical (unpaired) electrons. The Balaban J connectivity index is 1.71. The SMILES string of the molecule is COc1cccc([C@@]2(C)NC(=O)N(CC(=O)Nc3ccc(CC#N)cc3)C2=O)c1. The number of nitriles is 1. The molecule has 0 spiro atoms. The van der Waals surface area contributed by atoms with E-state index < -0.39 is 29.9 Å². The largest absolute Gasteiger partial charge is 0.497 e. The fraction of sp³-hybridized carbons (Fsp3) is 0.238. The molecule has 1 atom stereocenters. The van der Waals surface area contributed by atoms with Gasteiger partial charge in [0.05, 0.1) is 19.6 Å². The van der Waals surface area contributed by atoms with Crippen molar-refractivity contribution >= 4 is 23.5 Å². The highest BCUT2D eigenvalue weighted by molar-refractivity contribution is 6.10. The van der Waals surface area contributed by atoms with E-state index in [9.17, 15) is 14.4 Å². The van der Waals surface area contributed by atoms with Gasteiger partial charge in [0, 0.05) is 5.69 Å². The van der Waals surface area contributed by atoms with Gasteiger partial charge >= 0.3 is 6.03 Å². The number of rotatable bonds is 6. The van der Waals surface area contributed by atoms with Crippen LogP contribution in [0.1, 0.15) is 18.1 Å². The number of ether oxygens (including phenoxy) is 1. The second kappa shape index (κ2) is 8.02. The minimum atomic E-state index is -1.29. The third kappa shape index (κ3) is 4.04. The summed E-state index contributed by atoms with van der Waals surface area (Å²) >= 11 is 0. The molecule has 1 heterocycles. The zero-order valence-corrected chi connectivity index (χ0v) is 16.1. The minimum Gasteiger partial charge on any atom is -0.497 e. The first-order chi connectivity index (χ1) is 13.9. The van der Waals surface area contributed by atoms with Crippen molar-refractivity contribution in [3.63, 3.8) is 0 Å². The maximum atomic E-state index is 12.9. The van der Waals surface area contributed by atoms with Crippen molar-refractivity contribution in [2.24, 2.45) is 0 Å². The van der Waals surface area contributed by atoms with Gasteiger partial charge in [-0.3, -0.25) is 14.5 Å². The van der Waals surface area contributed by atoms with Gasteiger partial charge in [-0.05, 0) is 42.3 Å². The first-order valence-electron chi connectivity index (χ1n) is 8.92. The number of hydrogen-bond acceptors (Lipinski definition) is 5. The topological polar surface area (TPSA) is 112 Å². The van der Waals surface area contributed by atoms with E-state index in [4.69, 9.17) is 10.00 Å². The van der Waals surface area contributed by atoms with E-state index in [1.54, 1.807) is 55.5 Å². The van der Waals surface area contributed by atoms with Gasteiger partial charge in [0.25, 0.3) is 5.91 Å². The smallest absolute Gasteiger partial charge is 0.325 e. The third-order valence-corrected chi connectivity index (χ3v) is 4.74. The van der Waals surface area contributed by atoms with Crippen LogP contribution in [0, 0.1) is 11.3 Å². The lowest BCUT2D eigenvalue weighted by molar-refractivity contribution is -0.133. The third-order valence-electron chi connectivity index (χ3n) is 4.74. The number of anilines is 1. The van der Waals surface area contributed by atoms with Crippen LogP contribution < -0.4 is 15.4 Å². The Morgan fingerprint density at radius 2 is 1.97 bits per heavy atom. The highest BCUT2D eigenvalue weighted by Crippen LogP contribution is 2.30. The highest BCUT2D eigenvalue weighted by Gasteiger charge is 2.49. The highest BCUT2D eigenvalue weighted by atomic mass is 16.5.